The lowest BCUT2D eigenvalue weighted by atomic mass is 9.96. The molecular formula is C12H11O3P. The summed E-state index contributed by atoms with van der Waals surface area (Å²) in [5, 5.41) is 19.8. The Morgan fingerprint density at radius 1 is 1.12 bits per heavy atom. The van der Waals surface area contributed by atoms with Gasteiger partial charge in [0.2, 0.25) is 0 Å². The van der Waals surface area contributed by atoms with E-state index in [1.807, 2.05) is 30.3 Å². The minimum absolute atomic E-state index is 0.146. The number of hydrogen-bond donors (Lipinski definition) is 2. The van der Waals surface area contributed by atoms with Gasteiger partial charge < -0.3 is 10.2 Å². The van der Waals surface area contributed by atoms with E-state index in [2.05, 4.69) is 0 Å². The fourth-order valence-corrected chi connectivity index (χ4v) is 2.00. The monoisotopic (exact) mass is 234 g/mol. The van der Waals surface area contributed by atoms with Crippen molar-refractivity contribution < 1.29 is 14.8 Å². The van der Waals surface area contributed by atoms with Crippen molar-refractivity contribution in [2.45, 2.75) is 6.10 Å². The Morgan fingerprint density at radius 2 is 1.81 bits per heavy atom. The number of rotatable bonds is 1. The summed E-state index contributed by atoms with van der Waals surface area (Å²) in [6, 6.07) is 9.26. The van der Waals surface area contributed by atoms with Crippen molar-refractivity contribution in [3.63, 3.8) is 0 Å². The maximum absolute atomic E-state index is 10.7. The second-order valence-corrected chi connectivity index (χ2v) is 4.24. The molecule has 2 rings (SSSR count). The summed E-state index contributed by atoms with van der Waals surface area (Å²) >= 11 is 0. The van der Waals surface area contributed by atoms with Crippen molar-refractivity contribution in [2.75, 3.05) is 0 Å². The van der Waals surface area contributed by atoms with Gasteiger partial charge in [-0.1, -0.05) is 36.4 Å². The van der Waals surface area contributed by atoms with Crippen LogP contribution in [0.1, 0.15) is 5.56 Å². The third kappa shape index (κ3) is 1.87. The molecule has 0 aromatic heterocycles. The zero-order valence-corrected chi connectivity index (χ0v) is 9.42. The van der Waals surface area contributed by atoms with Crippen LogP contribution in [0.3, 0.4) is 0 Å². The Kier molecular flexibility index (Phi) is 3.09. The van der Waals surface area contributed by atoms with Crippen LogP contribution in [0.25, 0.3) is 5.57 Å². The molecule has 0 saturated carbocycles. The molecule has 3 nitrogen and oxygen atoms in total. The standard InChI is InChI=1S/C12H11O3P/c13-11-9(8-4-2-1-3-5-8)6-7-10(16-15)12(11)14/h1-7,12-14,16H. The summed E-state index contributed by atoms with van der Waals surface area (Å²) in [7, 11) is -0.744. The first kappa shape index (κ1) is 10.9. The van der Waals surface area contributed by atoms with E-state index >= 15 is 0 Å². The number of aliphatic hydroxyl groups is 2. The van der Waals surface area contributed by atoms with Gasteiger partial charge in [-0.2, -0.15) is 0 Å². The number of aliphatic hydroxyl groups excluding tert-OH is 2. The first-order chi connectivity index (χ1) is 7.74. The van der Waals surface area contributed by atoms with Gasteiger partial charge in [0.15, 0.2) is 0 Å². The number of allylic oxidation sites excluding steroid dienone is 2. The maximum atomic E-state index is 10.7. The van der Waals surface area contributed by atoms with Gasteiger partial charge in [0, 0.05) is 10.9 Å². The summed E-state index contributed by atoms with van der Waals surface area (Å²) < 4.78 is 10.7. The molecule has 2 atom stereocenters. The van der Waals surface area contributed by atoms with Crippen LogP contribution in [0, 0.1) is 0 Å². The quantitative estimate of drug-likeness (QED) is 0.731. The Bertz CT molecular complexity index is 510. The fourth-order valence-electron chi connectivity index (χ4n) is 1.60. The highest BCUT2D eigenvalue weighted by Gasteiger charge is 2.21. The van der Waals surface area contributed by atoms with Crippen LogP contribution in [0.15, 0.2) is 48.2 Å². The van der Waals surface area contributed by atoms with Crippen LogP contribution in [0.5, 0.6) is 0 Å². The molecule has 2 N–H and O–H groups in total. The minimum atomic E-state index is -1.16. The van der Waals surface area contributed by atoms with Gasteiger partial charge in [-0.15, -0.1) is 0 Å². The second kappa shape index (κ2) is 4.52. The van der Waals surface area contributed by atoms with E-state index in [0.29, 0.717) is 10.9 Å². The van der Waals surface area contributed by atoms with Gasteiger partial charge in [-0.05, 0) is 11.6 Å². The zero-order chi connectivity index (χ0) is 11.5. The molecule has 16 heavy (non-hydrogen) atoms. The fraction of sp³-hybridized carbons (Fsp3) is 0.0833. The first-order valence-corrected chi connectivity index (χ1v) is 5.74. The topological polar surface area (TPSA) is 57.5 Å². The van der Waals surface area contributed by atoms with Gasteiger partial charge in [0.1, 0.15) is 11.9 Å². The molecule has 1 aliphatic carbocycles. The molecule has 4 heteroatoms. The highest BCUT2D eigenvalue weighted by atomic mass is 31.0. The second-order valence-electron chi connectivity index (χ2n) is 3.46. The summed E-state index contributed by atoms with van der Waals surface area (Å²) in [4.78, 5) is 0. The molecule has 82 valence electrons. The Hall–Kier alpha value is -1.57. The lowest BCUT2D eigenvalue weighted by Gasteiger charge is -2.17. The number of hydrogen-bond acceptors (Lipinski definition) is 3. The SMILES string of the molecule is O=[PH]=C1C=CC(c2ccccc2)=C(O)C1O. The minimum Gasteiger partial charge on any atom is -0.509 e. The van der Waals surface area contributed by atoms with E-state index in [0.717, 1.165) is 5.56 Å². The van der Waals surface area contributed by atoms with Crippen molar-refractivity contribution in [3.05, 3.63) is 53.8 Å². The van der Waals surface area contributed by atoms with Gasteiger partial charge in [-0.3, -0.25) is 4.57 Å². The van der Waals surface area contributed by atoms with Crippen LogP contribution >= 0.6 is 8.08 Å². The molecule has 0 bridgehead atoms. The highest BCUT2D eigenvalue weighted by molar-refractivity contribution is 7.28. The van der Waals surface area contributed by atoms with Crippen LogP contribution in [0.2, 0.25) is 0 Å². The van der Waals surface area contributed by atoms with Gasteiger partial charge in [0.05, 0.1) is 8.08 Å². The zero-order valence-electron chi connectivity index (χ0n) is 8.42. The molecule has 1 aromatic carbocycles. The molecule has 1 aliphatic rings. The molecular weight excluding hydrogens is 223 g/mol. The normalized spacial score (nSPS) is 20.6. The molecule has 0 aliphatic heterocycles. The third-order valence-corrected chi connectivity index (χ3v) is 3.14. The van der Waals surface area contributed by atoms with Crippen molar-refractivity contribution >= 4 is 19.0 Å². The molecule has 0 saturated heterocycles. The van der Waals surface area contributed by atoms with E-state index in [4.69, 9.17) is 0 Å². The lowest BCUT2D eigenvalue weighted by molar-refractivity contribution is 0.211. The van der Waals surface area contributed by atoms with Gasteiger partial charge in [0.25, 0.3) is 0 Å². The van der Waals surface area contributed by atoms with Crippen molar-refractivity contribution in [2.24, 2.45) is 0 Å². The third-order valence-electron chi connectivity index (χ3n) is 2.46. The van der Waals surface area contributed by atoms with E-state index in [-0.39, 0.29) is 5.76 Å². The predicted molar refractivity (Wildman–Crippen MR) is 65.1 cm³/mol. The van der Waals surface area contributed by atoms with Gasteiger partial charge >= 0.3 is 0 Å². The van der Waals surface area contributed by atoms with Crippen LogP contribution < -0.4 is 0 Å². The first-order valence-electron chi connectivity index (χ1n) is 4.83. The molecule has 0 heterocycles. The Morgan fingerprint density at radius 3 is 2.44 bits per heavy atom. The predicted octanol–water partition coefficient (Wildman–Crippen LogP) is 2.08. The van der Waals surface area contributed by atoms with Gasteiger partial charge in [-0.25, -0.2) is 0 Å². The average Bonchev–Trinajstić information content (AvgIpc) is 2.34. The number of benzene rings is 1. The van der Waals surface area contributed by atoms with Crippen LogP contribution in [-0.2, 0) is 4.57 Å². The smallest absolute Gasteiger partial charge is 0.143 e. The van der Waals surface area contributed by atoms with E-state index in [1.54, 1.807) is 12.2 Å². The van der Waals surface area contributed by atoms with E-state index < -0.39 is 14.2 Å². The summed E-state index contributed by atoms with van der Waals surface area (Å²) in [5.74, 6) is -0.146. The Balaban J connectivity index is 2.49. The molecule has 1 aromatic rings. The van der Waals surface area contributed by atoms with Crippen LogP contribution in [-0.4, -0.2) is 21.6 Å². The van der Waals surface area contributed by atoms with E-state index in [9.17, 15) is 14.8 Å². The van der Waals surface area contributed by atoms with Crippen molar-refractivity contribution in [1.82, 2.24) is 0 Å². The Labute approximate surface area is 94.2 Å². The molecule has 2 unspecified atom stereocenters. The molecule has 0 radical (unpaired) electrons. The molecule has 0 spiro atoms. The lowest BCUT2D eigenvalue weighted by Crippen LogP contribution is -2.22. The summed E-state index contributed by atoms with van der Waals surface area (Å²) in [6.07, 6.45) is 2.09. The largest absolute Gasteiger partial charge is 0.509 e. The average molecular weight is 234 g/mol. The summed E-state index contributed by atoms with van der Waals surface area (Å²) in [6.45, 7) is 0. The van der Waals surface area contributed by atoms with Crippen molar-refractivity contribution in [3.8, 4) is 0 Å². The van der Waals surface area contributed by atoms with Crippen LogP contribution in [0.4, 0.5) is 0 Å². The maximum Gasteiger partial charge on any atom is 0.143 e. The molecule has 0 fully saturated rings. The van der Waals surface area contributed by atoms with E-state index in [1.165, 1.54) is 0 Å². The summed E-state index contributed by atoms with van der Waals surface area (Å²) in [5.41, 5.74) is 1.39. The molecule has 0 amide bonds. The highest BCUT2D eigenvalue weighted by Crippen LogP contribution is 2.25. The van der Waals surface area contributed by atoms with Crippen molar-refractivity contribution in [1.29, 1.82) is 0 Å².